The fraction of sp³-hybridized carbons (Fsp3) is 0.278. The highest BCUT2D eigenvalue weighted by molar-refractivity contribution is 7.91. The molecular weight excluding hydrogens is 386 g/mol. The molecule has 1 amide bonds. The van der Waals surface area contributed by atoms with Crippen molar-refractivity contribution in [2.24, 2.45) is 0 Å². The second-order valence-corrected chi connectivity index (χ2v) is 8.09. The lowest BCUT2D eigenvalue weighted by Gasteiger charge is -2.18. The Bertz CT molecular complexity index is 926. The number of alkyl halides is 3. The fourth-order valence-electron chi connectivity index (χ4n) is 2.48. The minimum atomic E-state index is -4.70. The molecule has 0 radical (unpaired) electrons. The Morgan fingerprint density at radius 2 is 1.56 bits per heavy atom. The summed E-state index contributed by atoms with van der Waals surface area (Å²) in [6, 6.07) is 10.0. The molecule has 146 valence electrons. The molecule has 0 heterocycles. The molecular formula is C18H17F4NO3S. The summed E-state index contributed by atoms with van der Waals surface area (Å²) in [6.45, 7) is -0.153. The molecule has 0 saturated heterocycles. The number of hydrogen-bond acceptors (Lipinski definition) is 3. The van der Waals surface area contributed by atoms with Crippen molar-refractivity contribution >= 4 is 15.7 Å². The summed E-state index contributed by atoms with van der Waals surface area (Å²) in [5.74, 6) is -3.26. The van der Waals surface area contributed by atoms with Crippen LogP contribution < -0.4 is 0 Å². The zero-order valence-electron chi connectivity index (χ0n) is 14.3. The van der Waals surface area contributed by atoms with E-state index in [1.165, 1.54) is 31.3 Å². The minimum absolute atomic E-state index is 0.153. The highest BCUT2D eigenvalue weighted by atomic mass is 32.2. The second-order valence-electron chi connectivity index (χ2n) is 6.03. The van der Waals surface area contributed by atoms with Crippen LogP contribution in [0, 0.1) is 5.82 Å². The van der Waals surface area contributed by atoms with Crippen molar-refractivity contribution in [2.45, 2.75) is 18.5 Å². The lowest BCUT2D eigenvalue weighted by molar-refractivity contribution is -0.138. The van der Waals surface area contributed by atoms with Crippen molar-refractivity contribution < 1.29 is 30.8 Å². The third-order valence-electron chi connectivity index (χ3n) is 3.83. The Kier molecular flexibility index (Phi) is 6.25. The van der Waals surface area contributed by atoms with E-state index in [2.05, 4.69) is 0 Å². The summed E-state index contributed by atoms with van der Waals surface area (Å²) in [5.41, 5.74) is -1.27. The van der Waals surface area contributed by atoms with E-state index in [-0.39, 0.29) is 12.1 Å². The molecule has 0 aliphatic carbocycles. The molecule has 0 saturated carbocycles. The Labute approximate surface area is 154 Å². The van der Waals surface area contributed by atoms with Crippen molar-refractivity contribution in [3.8, 4) is 0 Å². The first kappa shape index (κ1) is 20.9. The largest absolute Gasteiger partial charge is 0.416 e. The molecule has 0 spiro atoms. The summed E-state index contributed by atoms with van der Waals surface area (Å²) in [6.07, 6.45) is -4.70. The molecule has 0 aliphatic rings. The molecule has 0 bridgehead atoms. The molecule has 0 aromatic heterocycles. The quantitative estimate of drug-likeness (QED) is 0.695. The van der Waals surface area contributed by atoms with Crippen LogP contribution in [0.25, 0.3) is 0 Å². The topological polar surface area (TPSA) is 54.5 Å². The number of carbonyl (C=O) groups excluding carboxylic acids is 1. The molecule has 0 unspecified atom stereocenters. The van der Waals surface area contributed by atoms with Gasteiger partial charge >= 0.3 is 6.18 Å². The number of rotatable bonds is 6. The van der Waals surface area contributed by atoms with E-state index in [1.54, 1.807) is 6.07 Å². The Balaban J connectivity index is 2.10. The highest BCUT2D eigenvalue weighted by Crippen LogP contribution is 2.32. The van der Waals surface area contributed by atoms with Gasteiger partial charge in [-0.2, -0.15) is 13.2 Å². The van der Waals surface area contributed by atoms with Gasteiger partial charge in [-0.1, -0.05) is 36.4 Å². The second kappa shape index (κ2) is 8.08. The molecule has 2 rings (SSSR count). The third kappa shape index (κ3) is 5.78. The maximum atomic E-state index is 13.6. The van der Waals surface area contributed by atoms with Crippen LogP contribution in [0.15, 0.2) is 48.5 Å². The van der Waals surface area contributed by atoms with E-state index >= 15 is 0 Å². The lowest BCUT2D eigenvalue weighted by atomic mass is 10.1. The maximum absolute atomic E-state index is 13.6. The van der Waals surface area contributed by atoms with E-state index in [9.17, 15) is 30.8 Å². The molecule has 0 fully saturated rings. The molecule has 0 atom stereocenters. The number of nitrogens with zero attached hydrogens (tertiary/aromatic N) is 1. The van der Waals surface area contributed by atoms with Gasteiger partial charge in [0, 0.05) is 19.2 Å². The monoisotopic (exact) mass is 403 g/mol. The number of halogens is 4. The van der Waals surface area contributed by atoms with Crippen LogP contribution in [0.3, 0.4) is 0 Å². The highest BCUT2D eigenvalue weighted by Gasteiger charge is 2.34. The Morgan fingerprint density at radius 1 is 1.00 bits per heavy atom. The van der Waals surface area contributed by atoms with Gasteiger partial charge in [-0.05, 0) is 17.7 Å². The standard InChI is InChI=1S/C18H17F4NO3S/c1-23(10-13-6-3-5-9-16(13)19)17(24)12-27(25,26)11-14-7-2-4-8-15(14)18(20,21)22/h2-9H,10-12H2,1H3. The molecule has 2 aromatic rings. The molecule has 0 aliphatic heterocycles. The lowest BCUT2D eigenvalue weighted by Crippen LogP contribution is -2.33. The van der Waals surface area contributed by atoms with Crippen molar-refractivity contribution in [3.05, 3.63) is 71.0 Å². The molecule has 2 aromatic carbocycles. The van der Waals surface area contributed by atoms with Gasteiger partial charge in [-0.3, -0.25) is 4.79 Å². The van der Waals surface area contributed by atoms with E-state index in [1.807, 2.05) is 0 Å². The van der Waals surface area contributed by atoms with Gasteiger partial charge in [0.25, 0.3) is 0 Å². The van der Waals surface area contributed by atoms with Crippen LogP contribution >= 0.6 is 0 Å². The van der Waals surface area contributed by atoms with E-state index < -0.39 is 50.4 Å². The number of hydrogen-bond donors (Lipinski definition) is 0. The smallest absolute Gasteiger partial charge is 0.340 e. The van der Waals surface area contributed by atoms with Crippen molar-refractivity contribution in [2.75, 3.05) is 12.8 Å². The minimum Gasteiger partial charge on any atom is -0.340 e. The normalized spacial score (nSPS) is 12.0. The first-order chi connectivity index (χ1) is 12.5. The fourth-order valence-corrected chi connectivity index (χ4v) is 3.90. The SMILES string of the molecule is CN(Cc1ccccc1F)C(=O)CS(=O)(=O)Cc1ccccc1C(F)(F)F. The zero-order chi connectivity index (χ0) is 20.2. The predicted molar refractivity (Wildman–Crippen MR) is 91.8 cm³/mol. The van der Waals surface area contributed by atoms with Gasteiger partial charge in [0.1, 0.15) is 11.6 Å². The molecule has 4 nitrogen and oxygen atoms in total. The van der Waals surface area contributed by atoms with Crippen molar-refractivity contribution in [1.29, 1.82) is 0 Å². The van der Waals surface area contributed by atoms with Crippen LogP contribution in [0.4, 0.5) is 17.6 Å². The van der Waals surface area contributed by atoms with Gasteiger partial charge in [-0.15, -0.1) is 0 Å². The van der Waals surface area contributed by atoms with Gasteiger partial charge in [0.2, 0.25) is 5.91 Å². The van der Waals surface area contributed by atoms with Crippen LogP contribution in [0.5, 0.6) is 0 Å². The number of sulfone groups is 1. The Morgan fingerprint density at radius 3 is 2.15 bits per heavy atom. The Hall–Kier alpha value is -2.42. The maximum Gasteiger partial charge on any atom is 0.416 e. The molecule has 27 heavy (non-hydrogen) atoms. The predicted octanol–water partition coefficient (Wildman–Crippen LogP) is 3.42. The van der Waals surface area contributed by atoms with E-state index in [0.29, 0.717) is 0 Å². The van der Waals surface area contributed by atoms with Crippen molar-refractivity contribution in [1.82, 2.24) is 4.90 Å². The molecule has 0 N–H and O–H groups in total. The van der Waals surface area contributed by atoms with Crippen LogP contribution in [0.1, 0.15) is 16.7 Å². The first-order valence-corrected chi connectivity index (χ1v) is 9.64. The van der Waals surface area contributed by atoms with Crippen LogP contribution in [-0.4, -0.2) is 32.0 Å². The zero-order valence-corrected chi connectivity index (χ0v) is 15.1. The summed E-state index contributed by atoms with van der Waals surface area (Å²) < 4.78 is 77.0. The van der Waals surface area contributed by atoms with Gasteiger partial charge in [0.15, 0.2) is 9.84 Å². The summed E-state index contributed by atoms with van der Waals surface area (Å²) >= 11 is 0. The van der Waals surface area contributed by atoms with Gasteiger partial charge in [0.05, 0.1) is 11.3 Å². The third-order valence-corrected chi connectivity index (χ3v) is 5.27. The number of benzene rings is 2. The average Bonchev–Trinajstić information content (AvgIpc) is 2.55. The number of carbonyl (C=O) groups is 1. The van der Waals surface area contributed by atoms with E-state index in [0.717, 1.165) is 23.1 Å². The van der Waals surface area contributed by atoms with Gasteiger partial charge in [-0.25, -0.2) is 12.8 Å². The summed E-state index contributed by atoms with van der Waals surface area (Å²) in [5, 5.41) is 0. The van der Waals surface area contributed by atoms with Crippen molar-refractivity contribution in [3.63, 3.8) is 0 Å². The summed E-state index contributed by atoms with van der Waals surface area (Å²) in [7, 11) is -2.85. The molecule has 9 heteroatoms. The van der Waals surface area contributed by atoms with Gasteiger partial charge < -0.3 is 4.90 Å². The number of amides is 1. The average molecular weight is 403 g/mol. The summed E-state index contributed by atoms with van der Waals surface area (Å²) in [4.78, 5) is 13.2. The van der Waals surface area contributed by atoms with E-state index in [4.69, 9.17) is 0 Å². The van der Waals surface area contributed by atoms with Crippen LogP contribution in [0.2, 0.25) is 0 Å². The first-order valence-electron chi connectivity index (χ1n) is 7.82. The van der Waals surface area contributed by atoms with Crippen LogP contribution in [-0.2, 0) is 33.1 Å².